The van der Waals surface area contributed by atoms with E-state index in [1.54, 1.807) is 0 Å². The van der Waals surface area contributed by atoms with Crippen LogP contribution in [0.4, 0.5) is 0 Å². The third-order valence-electron chi connectivity index (χ3n) is 2.99. The molecule has 0 N–H and O–H groups in total. The molecule has 19 heavy (non-hydrogen) atoms. The minimum Gasteiger partial charge on any atom is -0.345 e. The zero-order valence-corrected chi connectivity index (χ0v) is 12.5. The number of hydrogen-bond acceptors (Lipinski definition) is 7. The van der Waals surface area contributed by atoms with Crippen LogP contribution in [0.15, 0.2) is 4.52 Å². The Bertz CT molecular complexity index is 382. The van der Waals surface area contributed by atoms with Gasteiger partial charge in [-0.2, -0.15) is 16.7 Å². The second-order valence-electron chi connectivity index (χ2n) is 4.30. The molecule has 0 bridgehead atoms. The Morgan fingerprint density at radius 2 is 2.16 bits per heavy atom. The first kappa shape index (κ1) is 14.8. The lowest BCUT2D eigenvalue weighted by Gasteiger charge is -2.29. The van der Waals surface area contributed by atoms with Crippen molar-refractivity contribution in [3.63, 3.8) is 0 Å². The third kappa shape index (κ3) is 3.68. The van der Waals surface area contributed by atoms with Gasteiger partial charge in [0.15, 0.2) is 5.82 Å². The summed E-state index contributed by atoms with van der Waals surface area (Å²) in [7, 11) is 2.09. The van der Waals surface area contributed by atoms with Gasteiger partial charge in [-0.1, -0.05) is 5.16 Å². The van der Waals surface area contributed by atoms with E-state index in [0.29, 0.717) is 24.9 Å². The van der Waals surface area contributed by atoms with E-state index in [9.17, 15) is 0 Å². The van der Waals surface area contributed by atoms with E-state index < -0.39 is 6.29 Å². The molecule has 1 aliphatic rings. The first-order valence-corrected chi connectivity index (χ1v) is 7.76. The van der Waals surface area contributed by atoms with Gasteiger partial charge in [0.05, 0.1) is 6.04 Å². The molecule has 2 heterocycles. The molecule has 2 rings (SSSR count). The van der Waals surface area contributed by atoms with Crippen molar-refractivity contribution >= 4 is 11.8 Å². The van der Waals surface area contributed by atoms with Crippen LogP contribution in [-0.4, -0.2) is 53.4 Å². The van der Waals surface area contributed by atoms with E-state index in [-0.39, 0.29) is 6.04 Å². The minimum absolute atomic E-state index is 0.208. The van der Waals surface area contributed by atoms with Crippen LogP contribution in [0.3, 0.4) is 0 Å². The molecule has 1 aromatic heterocycles. The lowest BCUT2D eigenvalue weighted by atomic mass is 10.3. The van der Waals surface area contributed by atoms with Crippen molar-refractivity contribution in [2.75, 3.05) is 38.3 Å². The topological polar surface area (TPSA) is 60.6 Å². The fraction of sp³-hybridized carbons (Fsp3) is 0.833. The van der Waals surface area contributed by atoms with Gasteiger partial charge < -0.3 is 14.0 Å². The van der Waals surface area contributed by atoms with Crippen molar-refractivity contribution < 1.29 is 14.0 Å². The van der Waals surface area contributed by atoms with Crippen molar-refractivity contribution in [2.45, 2.75) is 26.2 Å². The predicted octanol–water partition coefficient (Wildman–Crippen LogP) is 1.86. The molecule has 1 unspecified atom stereocenters. The molecule has 0 radical (unpaired) electrons. The van der Waals surface area contributed by atoms with Gasteiger partial charge in [0.1, 0.15) is 0 Å². The van der Waals surface area contributed by atoms with Crippen LogP contribution in [0.2, 0.25) is 0 Å². The Morgan fingerprint density at radius 1 is 1.42 bits per heavy atom. The summed E-state index contributed by atoms with van der Waals surface area (Å²) in [6.45, 7) is 5.95. The van der Waals surface area contributed by atoms with Crippen LogP contribution < -0.4 is 0 Å². The summed E-state index contributed by atoms with van der Waals surface area (Å²) in [5, 5.41) is 4.07. The fourth-order valence-corrected chi connectivity index (χ4v) is 3.14. The molecule has 1 atom stereocenters. The Morgan fingerprint density at radius 3 is 2.79 bits per heavy atom. The zero-order valence-electron chi connectivity index (χ0n) is 11.7. The molecule has 1 saturated heterocycles. The summed E-state index contributed by atoms with van der Waals surface area (Å²) >= 11 is 1.91. The zero-order chi connectivity index (χ0) is 13.7. The van der Waals surface area contributed by atoms with Gasteiger partial charge in [0.25, 0.3) is 5.89 Å². The smallest absolute Gasteiger partial charge is 0.283 e. The number of nitrogens with zero attached hydrogens (tertiary/aromatic N) is 3. The second-order valence-corrected chi connectivity index (χ2v) is 5.45. The molecule has 0 saturated carbocycles. The monoisotopic (exact) mass is 287 g/mol. The lowest BCUT2D eigenvalue weighted by Crippen LogP contribution is -2.33. The minimum atomic E-state index is -0.558. The highest BCUT2D eigenvalue weighted by Crippen LogP contribution is 2.27. The van der Waals surface area contributed by atoms with Crippen molar-refractivity contribution in [1.29, 1.82) is 0 Å². The SMILES string of the molecule is CCOC(OCC)c1nc(C2CSCCN2C)no1. The molecule has 7 heteroatoms. The normalized spacial score (nSPS) is 21.2. The van der Waals surface area contributed by atoms with E-state index in [1.807, 2.05) is 25.6 Å². The highest BCUT2D eigenvalue weighted by molar-refractivity contribution is 7.99. The summed E-state index contributed by atoms with van der Waals surface area (Å²) < 4.78 is 16.2. The molecule has 0 amide bonds. The van der Waals surface area contributed by atoms with Gasteiger partial charge >= 0.3 is 0 Å². The average molecular weight is 287 g/mol. The molecule has 108 valence electrons. The van der Waals surface area contributed by atoms with Gasteiger partial charge in [-0.25, -0.2) is 0 Å². The molecule has 1 aromatic rings. The molecule has 1 aliphatic heterocycles. The van der Waals surface area contributed by atoms with Crippen LogP contribution in [0.1, 0.15) is 37.9 Å². The number of aromatic nitrogens is 2. The summed E-state index contributed by atoms with van der Waals surface area (Å²) in [4.78, 5) is 6.69. The third-order valence-corrected chi connectivity index (χ3v) is 4.01. The summed E-state index contributed by atoms with van der Waals surface area (Å²) in [5.74, 6) is 3.26. The summed E-state index contributed by atoms with van der Waals surface area (Å²) in [6.07, 6.45) is -0.558. The maximum Gasteiger partial charge on any atom is 0.283 e. The lowest BCUT2D eigenvalue weighted by molar-refractivity contribution is -0.155. The average Bonchev–Trinajstić information content (AvgIpc) is 2.88. The molecular weight excluding hydrogens is 266 g/mol. The van der Waals surface area contributed by atoms with Crippen molar-refractivity contribution in [3.8, 4) is 0 Å². The van der Waals surface area contributed by atoms with Crippen molar-refractivity contribution in [1.82, 2.24) is 15.0 Å². The number of rotatable bonds is 6. The fourth-order valence-electron chi connectivity index (χ4n) is 1.93. The quantitative estimate of drug-likeness (QED) is 0.740. The molecule has 0 spiro atoms. The van der Waals surface area contributed by atoms with Gasteiger partial charge in [0.2, 0.25) is 6.29 Å². The van der Waals surface area contributed by atoms with E-state index in [0.717, 1.165) is 18.1 Å². The van der Waals surface area contributed by atoms with Crippen LogP contribution in [0.25, 0.3) is 0 Å². The predicted molar refractivity (Wildman–Crippen MR) is 73.0 cm³/mol. The second kappa shape index (κ2) is 7.23. The summed E-state index contributed by atoms with van der Waals surface area (Å²) in [5.41, 5.74) is 0. The summed E-state index contributed by atoms with van der Waals surface area (Å²) in [6, 6.07) is 0.208. The highest BCUT2D eigenvalue weighted by Gasteiger charge is 2.28. The van der Waals surface area contributed by atoms with Gasteiger partial charge in [-0.05, 0) is 20.9 Å². The van der Waals surface area contributed by atoms with Crippen molar-refractivity contribution in [3.05, 3.63) is 11.7 Å². The Hall–Kier alpha value is -0.630. The Balaban J connectivity index is 2.08. The Kier molecular flexibility index (Phi) is 5.62. The molecule has 6 nitrogen and oxygen atoms in total. The molecule has 0 aliphatic carbocycles. The van der Waals surface area contributed by atoms with Crippen LogP contribution in [-0.2, 0) is 9.47 Å². The van der Waals surface area contributed by atoms with Crippen LogP contribution >= 0.6 is 11.8 Å². The maximum atomic E-state index is 5.46. The molecule has 0 aromatic carbocycles. The van der Waals surface area contributed by atoms with Gasteiger partial charge in [-0.3, -0.25) is 4.90 Å². The number of ether oxygens (including phenoxy) is 2. The molecular formula is C12H21N3O3S. The van der Waals surface area contributed by atoms with Gasteiger partial charge in [0, 0.05) is 31.3 Å². The van der Waals surface area contributed by atoms with E-state index in [2.05, 4.69) is 22.1 Å². The Labute approximate surface area is 117 Å². The first-order valence-electron chi connectivity index (χ1n) is 6.61. The van der Waals surface area contributed by atoms with E-state index >= 15 is 0 Å². The van der Waals surface area contributed by atoms with Crippen LogP contribution in [0, 0.1) is 0 Å². The maximum absolute atomic E-state index is 5.46. The number of hydrogen-bond donors (Lipinski definition) is 0. The molecule has 1 fully saturated rings. The van der Waals surface area contributed by atoms with E-state index in [1.165, 1.54) is 0 Å². The van der Waals surface area contributed by atoms with Crippen molar-refractivity contribution in [2.24, 2.45) is 0 Å². The standard InChI is InChI=1S/C12H21N3O3S/c1-4-16-12(17-5-2)11-13-10(14-18-11)9-8-19-7-6-15(9)3/h9,12H,4-8H2,1-3H3. The first-order chi connectivity index (χ1) is 9.26. The van der Waals surface area contributed by atoms with E-state index in [4.69, 9.17) is 14.0 Å². The number of thioether (sulfide) groups is 1. The highest BCUT2D eigenvalue weighted by atomic mass is 32.2. The van der Waals surface area contributed by atoms with Crippen LogP contribution in [0.5, 0.6) is 0 Å². The van der Waals surface area contributed by atoms with Gasteiger partial charge in [-0.15, -0.1) is 0 Å². The largest absolute Gasteiger partial charge is 0.345 e.